The van der Waals surface area contributed by atoms with Crippen LogP contribution in [0.1, 0.15) is 39.5 Å². The Morgan fingerprint density at radius 3 is 2.37 bits per heavy atom. The van der Waals surface area contributed by atoms with Gasteiger partial charge in [-0.1, -0.05) is 13.8 Å². The smallest absolute Gasteiger partial charge is 0.281 e. The summed E-state index contributed by atoms with van der Waals surface area (Å²) in [5.41, 5.74) is 5.89. The Bertz CT molecular complexity index is 402. The van der Waals surface area contributed by atoms with E-state index >= 15 is 0 Å². The lowest BCUT2D eigenvalue weighted by molar-refractivity contribution is 0.170. The van der Waals surface area contributed by atoms with Gasteiger partial charge in [0.2, 0.25) is 0 Å². The van der Waals surface area contributed by atoms with Gasteiger partial charge in [0.25, 0.3) is 10.2 Å². The minimum absolute atomic E-state index is 0.112. The minimum Gasteiger partial charge on any atom is -0.330 e. The summed E-state index contributed by atoms with van der Waals surface area (Å²) in [6.07, 6.45) is 3.85. The maximum atomic E-state index is 12.6. The third-order valence-electron chi connectivity index (χ3n) is 4.69. The molecule has 1 unspecified atom stereocenters. The van der Waals surface area contributed by atoms with Crippen molar-refractivity contribution in [3.8, 4) is 0 Å². The molecule has 0 aromatic carbocycles. The molecule has 0 amide bonds. The number of piperidine rings is 2. The molecule has 2 heterocycles. The molecule has 1 atom stereocenters. The Hall–Kier alpha value is -0.170. The fraction of sp³-hybridized carbons (Fsp3) is 1.00. The Morgan fingerprint density at radius 1 is 1.21 bits per heavy atom. The predicted octanol–water partition coefficient (Wildman–Crippen LogP) is 1.02. The van der Waals surface area contributed by atoms with Gasteiger partial charge in [-0.15, -0.1) is 0 Å². The number of hydrogen-bond acceptors (Lipinski definition) is 3. The molecule has 2 N–H and O–H groups in total. The lowest BCUT2D eigenvalue weighted by Gasteiger charge is -2.41. The molecule has 0 saturated carbocycles. The van der Waals surface area contributed by atoms with E-state index in [4.69, 9.17) is 5.73 Å². The van der Waals surface area contributed by atoms with Crippen LogP contribution in [0.4, 0.5) is 0 Å². The minimum atomic E-state index is -3.25. The highest BCUT2D eigenvalue weighted by Crippen LogP contribution is 2.32. The van der Waals surface area contributed by atoms with Crippen molar-refractivity contribution in [3.63, 3.8) is 0 Å². The van der Waals surface area contributed by atoms with Gasteiger partial charge in [0.15, 0.2) is 0 Å². The molecule has 0 aliphatic carbocycles. The van der Waals surface area contributed by atoms with Crippen LogP contribution in [0.25, 0.3) is 0 Å². The molecule has 0 aromatic heterocycles. The van der Waals surface area contributed by atoms with Crippen LogP contribution in [0, 0.1) is 11.3 Å². The standard InChI is InChI=1S/C13H27N3O2S/c1-12-4-3-7-16(10-12)19(17,18)15-8-5-13(2,11-14)6-9-15/h12H,3-11,14H2,1-2H3. The Labute approximate surface area is 117 Å². The van der Waals surface area contributed by atoms with Crippen LogP contribution in [0.3, 0.4) is 0 Å². The van der Waals surface area contributed by atoms with Gasteiger partial charge in [-0.05, 0) is 43.6 Å². The van der Waals surface area contributed by atoms with Gasteiger partial charge in [0.05, 0.1) is 0 Å². The topological polar surface area (TPSA) is 66.6 Å². The van der Waals surface area contributed by atoms with E-state index in [-0.39, 0.29) is 5.41 Å². The molecular weight excluding hydrogens is 262 g/mol. The first-order valence-corrected chi connectivity index (χ1v) is 8.72. The summed E-state index contributed by atoms with van der Waals surface area (Å²) in [6.45, 7) is 7.50. The molecule has 19 heavy (non-hydrogen) atoms. The van der Waals surface area contributed by atoms with Crippen LogP contribution in [0.5, 0.6) is 0 Å². The highest BCUT2D eigenvalue weighted by molar-refractivity contribution is 7.86. The molecule has 0 aromatic rings. The third-order valence-corrected chi connectivity index (χ3v) is 6.70. The van der Waals surface area contributed by atoms with E-state index in [1.165, 1.54) is 0 Å². The first kappa shape index (κ1) is 15.2. The van der Waals surface area contributed by atoms with Crippen LogP contribution in [-0.4, -0.2) is 49.8 Å². The van der Waals surface area contributed by atoms with Gasteiger partial charge in [0.1, 0.15) is 0 Å². The van der Waals surface area contributed by atoms with E-state index in [2.05, 4.69) is 13.8 Å². The van der Waals surface area contributed by atoms with Gasteiger partial charge in [-0.3, -0.25) is 0 Å². The van der Waals surface area contributed by atoms with Crippen molar-refractivity contribution in [1.82, 2.24) is 8.61 Å². The summed E-state index contributed by atoms with van der Waals surface area (Å²) in [7, 11) is -3.25. The van der Waals surface area contributed by atoms with Crippen molar-refractivity contribution >= 4 is 10.2 Å². The molecule has 0 bridgehead atoms. The molecule has 2 rings (SSSR count). The van der Waals surface area contributed by atoms with E-state index in [0.717, 1.165) is 25.7 Å². The van der Waals surface area contributed by atoms with Crippen LogP contribution >= 0.6 is 0 Å². The van der Waals surface area contributed by atoms with Gasteiger partial charge in [0, 0.05) is 26.2 Å². The molecule has 6 heteroatoms. The number of nitrogens with two attached hydrogens (primary N) is 1. The summed E-state index contributed by atoms with van der Waals surface area (Å²) < 4.78 is 28.5. The lowest BCUT2D eigenvalue weighted by atomic mass is 9.81. The van der Waals surface area contributed by atoms with E-state index in [1.807, 2.05) is 0 Å². The average molecular weight is 289 g/mol. The molecule has 2 saturated heterocycles. The zero-order valence-corrected chi connectivity index (χ0v) is 13.0. The summed E-state index contributed by atoms with van der Waals surface area (Å²) in [5.74, 6) is 0.475. The molecule has 5 nitrogen and oxygen atoms in total. The monoisotopic (exact) mass is 289 g/mol. The largest absolute Gasteiger partial charge is 0.330 e. The normalized spacial score (nSPS) is 30.4. The highest BCUT2D eigenvalue weighted by atomic mass is 32.2. The highest BCUT2D eigenvalue weighted by Gasteiger charge is 2.37. The zero-order valence-electron chi connectivity index (χ0n) is 12.1. The van der Waals surface area contributed by atoms with E-state index in [0.29, 0.717) is 38.6 Å². The number of nitrogens with zero attached hydrogens (tertiary/aromatic N) is 2. The third kappa shape index (κ3) is 3.29. The van der Waals surface area contributed by atoms with E-state index in [1.54, 1.807) is 8.61 Å². The summed E-state index contributed by atoms with van der Waals surface area (Å²) in [6, 6.07) is 0. The lowest BCUT2D eigenvalue weighted by Crippen LogP contribution is -2.52. The molecule has 2 fully saturated rings. The van der Waals surface area contributed by atoms with E-state index < -0.39 is 10.2 Å². The predicted molar refractivity (Wildman–Crippen MR) is 76.9 cm³/mol. The first-order chi connectivity index (χ1) is 8.87. The van der Waals surface area contributed by atoms with Gasteiger partial charge in [-0.25, -0.2) is 0 Å². The van der Waals surface area contributed by atoms with Gasteiger partial charge in [-0.2, -0.15) is 17.0 Å². The fourth-order valence-electron chi connectivity index (χ4n) is 2.98. The summed E-state index contributed by atoms with van der Waals surface area (Å²) >= 11 is 0. The Kier molecular flexibility index (Phi) is 4.55. The Morgan fingerprint density at radius 2 is 1.84 bits per heavy atom. The maximum absolute atomic E-state index is 12.6. The second-order valence-corrected chi connectivity index (χ2v) is 8.46. The van der Waals surface area contributed by atoms with Crippen LogP contribution in [0.2, 0.25) is 0 Å². The first-order valence-electron chi connectivity index (χ1n) is 7.33. The average Bonchev–Trinajstić information content (AvgIpc) is 2.39. The van der Waals surface area contributed by atoms with Crippen molar-refractivity contribution in [2.24, 2.45) is 17.1 Å². The number of hydrogen-bond donors (Lipinski definition) is 1. The fourth-order valence-corrected chi connectivity index (χ4v) is 4.75. The van der Waals surface area contributed by atoms with Crippen molar-refractivity contribution in [1.29, 1.82) is 0 Å². The van der Waals surface area contributed by atoms with Gasteiger partial charge < -0.3 is 5.73 Å². The molecule has 0 radical (unpaired) electrons. The van der Waals surface area contributed by atoms with E-state index in [9.17, 15) is 8.42 Å². The second-order valence-electron chi connectivity index (χ2n) is 6.53. The van der Waals surface area contributed by atoms with Crippen molar-refractivity contribution in [3.05, 3.63) is 0 Å². The van der Waals surface area contributed by atoms with Crippen LogP contribution in [-0.2, 0) is 10.2 Å². The second kappa shape index (κ2) is 5.68. The molecule has 2 aliphatic rings. The SMILES string of the molecule is CC1CCCN(S(=O)(=O)N2CCC(C)(CN)CC2)C1. The van der Waals surface area contributed by atoms with Gasteiger partial charge >= 0.3 is 0 Å². The molecule has 2 aliphatic heterocycles. The molecular formula is C13H27N3O2S. The number of rotatable bonds is 3. The quantitative estimate of drug-likeness (QED) is 0.843. The molecule has 112 valence electrons. The maximum Gasteiger partial charge on any atom is 0.281 e. The Balaban J connectivity index is 2.01. The van der Waals surface area contributed by atoms with Crippen molar-refractivity contribution in [2.75, 3.05) is 32.7 Å². The van der Waals surface area contributed by atoms with Crippen LogP contribution < -0.4 is 5.73 Å². The summed E-state index contributed by atoms with van der Waals surface area (Å²) in [4.78, 5) is 0. The van der Waals surface area contributed by atoms with Crippen molar-refractivity contribution < 1.29 is 8.42 Å². The molecule has 0 spiro atoms. The summed E-state index contributed by atoms with van der Waals surface area (Å²) in [5, 5.41) is 0. The van der Waals surface area contributed by atoms with Crippen LogP contribution in [0.15, 0.2) is 0 Å². The van der Waals surface area contributed by atoms with Crippen molar-refractivity contribution in [2.45, 2.75) is 39.5 Å². The zero-order chi connectivity index (χ0) is 14.1.